The zero-order valence-corrected chi connectivity index (χ0v) is 10.2. The summed E-state index contributed by atoms with van der Waals surface area (Å²) in [5.41, 5.74) is -0.666. The molecular formula is C10H6F6N2O4. The lowest BCUT2D eigenvalue weighted by atomic mass is 10.3. The Morgan fingerprint density at radius 2 is 1.55 bits per heavy atom. The van der Waals surface area contributed by atoms with E-state index in [2.05, 4.69) is 4.74 Å². The van der Waals surface area contributed by atoms with Gasteiger partial charge in [0.15, 0.2) is 0 Å². The van der Waals surface area contributed by atoms with Crippen LogP contribution in [0.3, 0.4) is 0 Å². The molecular weight excluding hydrogens is 326 g/mol. The Morgan fingerprint density at radius 1 is 1.09 bits per heavy atom. The number of halogens is 6. The van der Waals surface area contributed by atoms with Crippen LogP contribution in [-0.2, 0) is 4.74 Å². The van der Waals surface area contributed by atoms with Crippen molar-refractivity contribution in [3.8, 4) is 0 Å². The van der Waals surface area contributed by atoms with Crippen LogP contribution in [0.4, 0.5) is 42.5 Å². The fourth-order valence-corrected chi connectivity index (χ4v) is 1.24. The number of rotatable bonds is 3. The van der Waals surface area contributed by atoms with Crippen LogP contribution in [-0.4, -0.2) is 29.5 Å². The number of carbonyl (C=O) groups is 1. The first-order valence-electron chi connectivity index (χ1n) is 5.27. The second-order valence-electron chi connectivity index (χ2n) is 3.80. The third-order valence-electron chi connectivity index (χ3n) is 2.14. The number of nitrogens with one attached hydrogen (secondary N) is 1. The predicted octanol–water partition coefficient (Wildman–Crippen LogP) is 3.64. The molecule has 1 amide bonds. The van der Waals surface area contributed by atoms with Crippen molar-refractivity contribution in [1.82, 2.24) is 0 Å². The Labute approximate surface area is 117 Å². The van der Waals surface area contributed by atoms with Gasteiger partial charge in [-0.3, -0.25) is 15.4 Å². The van der Waals surface area contributed by atoms with Gasteiger partial charge in [-0.1, -0.05) is 0 Å². The summed E-state index contributed by atoms with van der Waals surface area (Å²) in [6.07, 6.45) is -17.9. The van der Waals surface area contributed by atoms with Crippen LogP contribution in [0.15, 0.2) is 24.3 Å². The third kappa shape index (κ3) is 4.79. The lowest BCUT2D eigenvalue weighted by molar-refractivity contribution is -0.384. The number of amides is 1. The van der Waals surface area contributed by atoms with Crippen LogP contribution in [0.1, 0.15) is 0 Å². The monoisotopic (exact) mass is 332 g/mol. The smallest absolute Gasteiger partial charge is 0.426 e. The number of nitrogens with zero attached hydrogens (tertiary/aromatic N) is 1. The van der Waals surface area contributed by atoms with E-state index < -0.39 is 29.5 Å². The molecule has 0 bridgehead atoms. The number of benzene rings is 1. The van der Waals surface area contributed by atoms with Crippen LogP contribution >= 0.6 is 0 Å². The van der Waals surface area contributed by atoms with Gasteiger partial charge in [0, 0.05) is 17.8 Å². The predicted molar refractivity (Wildman–Crippen MR) is 59.1 cm³/mol. The Kier molecular flexibility index (Phi) is 4.84. The van der Waals surface area contributed by atoms with Crippen LogP contribution in [0.2, 0.25) is 0 Å². The summed E-state index contributed by atoms with van der Waals surface area (Å²) in [5, 5.41) is 11.9. The second-order valence-corrected chi connectivity index (χ2v) is 3.80. The summed E-state index contributed by atoms with van der Waals surface area (Å²) in [6, 6.07) is 3.60. The van der Waals surface area contributed by atoms with E-state index in [1.165, 1.54) is 0 Å². The topological polar surface area (TPSA) is 81.5 Å². The molecule has 12 heteroatoms. The molecule has 0 radical (unpaired) electrons. The molecule has 0 heterocycles. The first-order chi connectivity index (χ1) is 9.91. The van der Waals surface area contributed by atoms with Gasteiger partial charge in [0.25, 0.3) is 11.8 Å². The van der Waals surface area contributed by atoms with Crippen LogP contribution in [0, 0.1) is 10.1 Å². The molecule has 0 aliphatic rings. The van der Waals surface area contributed by atoms with Crippen LogP contribution < -0.4 is 5.32 Å². The Morgan fingerprint density at radius 3 is 1.91 bits per heavy atom. The molecule has 1 aromatic rings. The molecule has 1 rings (SSSR count). The molecule has 0 fully saturated rings. The van der Waals surface area contributed by atoms with Crippen molar-refractivity contribution in [3.05, 3.63) is 34.4 Å². The van der Waals surface area contributed by atoms with E-state index in [4.69, 9.17) is 0 Å². The minimum Gasteiger partial charge on any atom is -0.426 e. The Hall–Kier alpha value is -2.53. The van der Waals surface area contributed by atoms with E-state index in [1.807, 2.05) is 0 Å². The Bertz CT molecular complexity index is 540. The minimum atomic E-state index is -5.83. The van der Waals surface area contributed by atoms with Crippen LogP contribution in [0.5, 0.6) is 0 Å². The molecule has 0 aliphatic carbocycles. The van der Waals surface area contributed by atoms with E-state index >= 15 is 0 Å². The molecule has 0 aromatic heterocycles. The summed E-state index contributed by atoms with van der Waals surface area (Å²) < 4.78 is 76.3. The van der Waals surface area contributed by atoms with E-state index in [-0.39, 0.29) is 11.4 Å². The highest BCUT2D eigenvalue weighted by molar-refractivity contribution is 5.84. The highest BCUT2D eigenvalue weighted by atomic mass is 19.4. The number of nitro benzene ring substituents is 1. The van der Waals surface area contributed by atoms with Gasteiger partial charge >= 0.3 is 18.4 Å². The van der Waals surface area contributed by atoms with Crippen molar-refractivity contribution in [2.24, 2.45) is 0 Å². The molecule has 22 heavy (non-hydrogen) atoms. The molecule has 0 spiro atoms. The maximum atomic E-state index is 12.2. The quantitative estimate of drug-likeness (QED) is 0.520. The normalized spacial score (nSPS) is 12.1. The van der Waals surface area contributed by atoms with E-state index in [1.54, 1.807) is 5.32 Å². The summed E-state index contributed by atoms with van der Waals surface area (Å²) in [5.74, 6) is 0. The van der Waals surface area contributed by atoms with Gasteiger partial charge in [0.2, 0.25) is 0 Å². The first-order valence-corrected chi connectivity index (χ1v) is 5.27. The number of hydrogen-bond donors (Lipinski definition) is 1. The molecule has 0 unspecified atom stereocenters. The van der Waals surface area contributed by atoms with E-state index in [9.17, 15) is 41.3 Å². The zero-order chi connectivity index (χ0) is 17.1. The van der Waals surface area contributed by atoms with Crippen molar-refractivity contribution in [2.45, 2.75) is 18.5 Å². The van der Waals surface area contributed by atoms with E-state index in [0.717, 1.165) is 24.3 Å². The van der Waals surface area contributed by atoms with Crippen molar-refractivity contribution in [1.29, 1.82) is 0 Å². The maximum Gasteiger partial charge on any atom is 0.434 e. The molecule has 6 nitrogen and oxygen atoms in total. The number of anilines is 1. The molecule has 0 saturated heterocycles. The van der Waals surface area contributed by atoms with Crippen molar-refractivity contribution in [2.75, 3.05) is 5.32 Å². The number of alkyl halides is 6. The maximum absolute atomic E-state index is 12.2. The van der Waals surface area contributed by atoms with Crippen molar-refractivity contribution in [3.63, 3.8) is 0 Å². The van der Waals surface area contributed by atoms with Gasteiger partial charge in [0.1, 0.15) is 0 Å². The zero-order valence-electron chi connectivity index (χ0n) is 10.2. The summed E-state index contributed by atoms with van der Waals surface area (Å²) in [6.45, 7) is 0. The second kappa shape index (κ2) is 6.07. The van der Waals surface area contributed by atoms with Crippen molar-refractivity contribution < 1.29 is 40.8 Å². The highest BCUT2D eigenvalue weighted by Gasteiger charge is 2.60. The molecule has 1 aromatic carbocycles. The van der Waals surface area contributed by atoms with Gasteiger partial charge < -0.3 is 4.74 Å². The molecule has 0 aliphatic heterocycles. The lowest BCUT2D eigenvalue weighted by Crippen LogP contribution is -2.46. The van der Waals surface area contributed by atoms with E-state index in [0.29, 0.717) is 0 Å². The number of hydrogen-bond acceptors (Lipinski definition) is 4. The number of carbonyl (C=O) groups excluding carboxylic acids is 1. The van der Waals surface area contributed by atoms with Crippen molar-refractivity contribution >= 4 is 17.5 Å². The summed E-state index contributed by atoms with van der Waals surface area (Å²) >= 11 is 0. The highest BCUT2D eigenvalue weighted by Crippen LogP contribution is 2.35. The standard InChI is InChI=1S/C10H6F6N2O4/c11-9(12,13)7(10(14,15)16)22-8(19)17-5-1-3-6(4-2-5)18(20)21/h1-4,7H,(H,17,19). The first kappa shape index (κ1) is 17.5. The van der Waals surface area contributed by atoms with Gasteiger partial charge in [-0.05, 0) is 12.1 Å². The summed E-state index contributed by atoms with van der Waals surface area (Å²) in [7, 11) is 0. The molecule has 0 saturated carbocycles. The average molecular weight is 332 g/mol. The van der Waals surface area contributed by atoms with Crippen LogP contribution in [0.25, 0.3) is 0 Å². The number of ether oxygens (including phenoxy) is 1. The average Bonchev–Trinajstić information content (AvgIpc) is 2.34. The SMILES string of the molecule is O=C(Nc1ccc([N+](=O)[O-])cc1)OC(C(F)(F)F)C(F)(F)F. The molecule has 1 N–H and O–H groups in total. The number of non-ortho nitro benzene ring substituents is 1. The molecule has 122 valence electrons. The minimum absolute atomic E-state index is 0.279. The molecule has 0 atom stereocenters. The largest absolute Gasteiger partial charge is 0.434 e. The summed E-state index contributed by atoms with van der Waals surface area (Å²) in [4.78, 5) is 20.6. The number of nitro groups is 1. The fourth-order valence-electron chi connectivity index (χ4n) is 1.24. The van der Waals surface area contributed by atoms with Gasteiger partial charge in [-0.2, -0.15) is 26.3 Å². The lowest BCUT2D eigenvalue weighted by Gasteiger charge is -2.22. The van der Waals surface area contributed by atoms with Gasteiger partial charge in [0.05, 0.1) is 4.92 Å². The fraction of sp³-hybridized carbons (Fsp3) is 0.300. The van der Waals surface area contributed by atoms with Gasteiger partial charge in [-0.25, -0.2) is 4.79 Å². The van der Waals surface area contributed by atoms with Gasteiger partial charge in [-0.15, -0.1) is 0 Å². The third-order valence-corrected chi connectivity index (χ3v) is 2.14. The Balaban J connectivity index is 2.78.